The summed E-state index contributed by atoms with van der Waals surface area (Å²) in [5.41, 5.74) is 7.33. The van der Waals surface area contributed by atoms with Gasteiger partial charge >= 0.3 is 6.09 Å². The van der Waals surface area contributed by atoms with Gasteiger partial charge in [-0.2, -0.15) is 0 Å². The van der Waals surface area contributed by atoms with Crippen molar-refractivity contribution < 1.29 is 19.1 Å². The Morgan fingerprint density at radius 1 is 1.46 bits per heavy atom. The molecular formula is C17H25N3O4. The number of rotatable bonds is 6. The number of carbonyl (C=O) groups is 2. The molecule has 7 heteroatoms. The van der Waals surface area contributed by atoms with Gasteiger partial charge in [-0.05, 0) is 37.1 Å². The van der Waals surface area contributed by atoms with Crippen LogP contribution in [0.25, 0.3) is 0 Å². The fraction of sp³-hybridized carbons (Fsp3) is 0.529. The lowest BCUT2D eigenvalue weighted by Crippen LogP contribution is -2.48. The van der Waals surface area contributed by atoms with Crippen molar-refractivity contribution in [1.82, 2.24) is 5.32 Å². The summed E-state index contributed by atoms with van der Waals surface area (Å²) in [5.74, 6) is 0.403. The average Bonchev–Trinajstić information content (AvgIpc) is 2.90. The third kappa shape index (κ3) is 3.97. The highest BCUT2D eigenvalue weighted by atomic mass is 16.6. The summed E-state index contributed by atoms with van der Waals surface area (Å²) in [5, 5.41) is 2.69. The maximum atomic E-state index is 12.5. The fourth-order valence-corrected chi connectivity index (χ4v) is 2.63. The third-order valence-corrected chi connectivity index (χ3v) is 3.90. The Kier molecular flexibility index (Phi) is 6.03. The van der Waals surface area contributed by atoms with E-state index in [1.165, 1.54) is 4.90 Å². The van der Waals surface area contributed by atoms with Crippen molar-refractivity contribution in [2.75, 3.05) is 18.6 Å². The van der Waals surface area contributed by atoms with Crippen LogP contribution in [0.5, 0.6) is 5.75 Å². The van der Waals surface area contributed by atoms with Gasteiger partial charge in [0.15, 0.2) is 6.23 Å². The molecule has 1 aliphatic rings. The first-order valence-corrected chi connectivity index (χ1v) is 8.18. The second kappa shape index (κ2) is 8.01. The minimum atomic E-state index is -0.702. The van der Waals surface area contributed by atoms with E-state index in [4.69, 9.17) is 15.2 Å². The number of anilines is 1. The van der Waals surface area contributed by atoms with E-state index >= 15 is 0 Å². The number of fused-ring (bicyclic) bond motifs is 1. The zero-order valence-electron chi connectivity index (χ0n) is 14.4. The number of unbranched alkanes of at least 4 members (excludes halogenated alkanes) is 1. The molecule has 132 valence electrons. The number of nitrogens with one attached hydrogen (secondary N) is 1. The lowest BCUT2D eigenvalue weighted by Gasteiger charge is -2.26. The predicted octanol–water partition coefficient (Wildman–Crippen LogP) is 1.78. The molecule has 0 bridgehead atoms. The summed E-state index contributed by atoms with van der Waals surface area (Å²) in [4.78, 5) is 25.9. The number of benzene rings is 1. The Morgan fingerprint density at radius 2 is 2.21 bits per heavy atom. The molecule has 7 nitrogen and oxygen atoms in total. The van der Waals surface area contributed by atoms with Gasteiger partial charge in [-0.1, -0.05) is 13.3 Å². The monoisotopic (exact) mass is 335 g/mol. The maximum Gasteiger partial charge on any atom is 0.409 e. The van der Waals surface area contributed by atoms with Gasteiger partial charge in [0.05, 0.1) is 18.8 Å². The molecule has 1 aliphatic heterocycles. The molecule has 1 heterocycles. The predicted molar refractivity (Wildman–Crippen MR) is 91.0 cm³/mol. The Labute approximate surface area is 142 Å². The summed E-state index contributed by atoms with van der Waals surface area (Å²) in [6, 6.07) is 4.71. The molecule has 0 unspecified atom stereocenters. The van der Waals surface area contributed by atoms with Crippen molar-refractivity contribution >= 4 is 17.7 Å². The van der Waals surface area contributed by atoms with Crippen LogP contribution in [0.15, 0.2) is 18.2 Å². The first kappa shape index (κ1) is 18.1. The normalized spacial score (nSPS) is 17.2. The highest BCUT2D eigenvalue weighted by Crippen LogP contribution is 2.35. The van der Waals surface area contributed by atoms with E-state index in [0.717, 1.165) is 18.4 Å². The van der Waals surface area contributed by atoms with Crippen molar-refractivity contribution in [1.29, 1.82) is 0 Å². The van der Waals surface area contributed by atoms with Crippen molar-refractivity contribution in [2.24, 2.45) is 5.73 Å². The Bertz CT molecular complexity index is 603. The van der Waals surface area contributed by atoms with Crippen LogP contribution in [0.1, 0.15) is 32.3 Å². The van der Waals surface area contributed by atoms with E-state index in [2.05, 4.69) is 5.32 Å². The number of hydrogen-bond acceptors (Lipinski definition) is 5. The lowest BCUT2D eigenvalue weighted by atomic mass is 10.1. The first-order valence-electron chi connectivity index (χ1n) is 8.18. The standard InChI is InChI=1S/C17H25N3O4/c1-4-5-8-19-17(22)24-15-10-12-9-13(23-3)6-7-14(12)20(15)16(21)11(2)18/h6-7,9,11,15H,4-5,8,10,18H2,1-3H3,(H,19,22)/t11-,15-/m0/s1. The molecule has 2 atom stereocenters. The molecule has 0 aliphatic carbocycles. The average molecular weight is 335 g/mol. The first-order chi connectivity index (χ1) is 11.5. The van der Waals surface area contributed by atoms with Gasteiger partial charge in [0.1, 0.15) is 5.75 Å². The van der Waals surface area contributed by atoms with Gasteiger partial charge in [0.2, 0.25) is 5.91 Å². The SMILES string of the molecule is CCCCNC(=O)O[C@H]1Cc2cc(OC)ccc2N1C(=O)[C@H](C)N. The van der Waals surface area contributed by atoms with Gasteiger partial charge in [-0.3, -0.25) is 9.69 Å². The Morgan fingerprint density at radius 3 is 2.83 bits per heavy atom. The number of nitrogens with two attached hydrogens (primary N) is 1. The zero-order valence-corrected chi connectivity index (χ0v) is 14.4. The van der Waals surface area contributed by atoms with Crippen LogP contribution in [0.3, 0.4) is 0 Å². The number of methoxy groups -OCH3 is 1. The van der Waals surface area contributed by atoms with Gasteiger partial charge in [-0.25, -0.2) is 4.79 Å². The quantitative estimate of drug-likeness (QED) is 0.773. The largest absolute Gasteiger partial charge is 0.497 e. The smallest absolute Gasteiger partial charge is 0.409 e. The van der Waals surface area contributed by atoms with E-state index in [1.54, 1.807) is 26.2 Å². The molecule has 0 aromatic heterocycles. The summed E-state index contributed by atoms with van der Waals surface area (Å²) < 4.78 is 10.7. The van der Waals surface area contributed by atoms with Crippen LogP contribution in [0.2, 0.25) is 0 Å². The molecule has 0 spiro atoms. The number of hydrogen-bond donors (Lipinski definition) is 2. The highest BCUT2D eigenvalue weighted by Gasteiger charge is 2.37. The minimum Gasteiger partial charge on any atom is -0.497 e. The lowest BCUT2D eigenvalue weighted by molar-refractivity contribution is -0.121. The summed E-state index contributed by atoms with van der Waals surface area (Å²) >= 11 is 0. The van der Waals surface area contributed by atoms with Crippen LogP contribution in [-0.2, 0) is 16.0 Å². The van der Waals surface area contributed by atoms with Crippen LogP contribution >= 0.6 is 0 Å². The Hall–Kier alpha value is -2.28. The summed E-state index contributed by atoms with van der Waals surface area (Å²) in [6.45, 7) is 4.20. The molecule has 0 radical (unpaired) electrons. The van der Waals surface area contributed by atoms with Crippen LogP contribution in [-0.4, -0.2) is 37.9 Å². The van der Waals surface area contributed by atoms with Crippen molar-refractivity contribution in [2.45, 2.75) is 45.4 Å². The van der Waals surface area contributed by atoms with E-state index in [0.29, 0.717) is 24.4 Å². The molecule has 2 amide bonds. The molecule has 1 aromatic carbocycles. The third-order valence-electron chi connectivity index (χ3n) is 3.90. The molecule has 2 rings (SSSR count). The minimum absolute atomic E-state index is 0.287. The maximum absolute atomic E-state index is 12.5. The second-order valence-electron chi connectivity index (χ2n) is 5.84. The van der Waals surface area contributed by atoms with Crippen molar-refractivity contribution in [3.8, 4) is 5.75 Å². The van der Waals surface area contributed by atoms with Crippen LogP contribution < -0.4 is 20.7 Å². The summed E-state index contributed by atoms with van der Waals surface area (Å²) in [7, 11) is 1.58. The van der Waals surface area contributed by atoms with Gasteiger partial charge in [0, 0.05) is 13.0 Å². The fourth-order valence-electron chi connectivity index (χ4n) is 2.63. The van der Waals surface area contributed by atoms with Gasteiger partial charge < -0.3 is 20.5 Å². The molecule has 0 saturated heterocycles. The zero-order chi connectivity index (χ0) is 17.7. The summed E-state index contributed by atoms with van der Waals surface area (Å²) in [6.07, 6.45) is 1.03. The second-order valence-corrected chi connectivity index (χ2v) is 5.84. The Balaban J connectivity index is 2.17. The topological polar surface area (TPSA) is 93.9 Å². The molecule has 0 fully saturated rings. The number of ether oxygens (including phenoxy) is 2. The van der Waals surface area contributed by atoms with E-state index < -0.39 is 18.4 Å². The number of nitrogens with zero attached hydrogens (tertiary/aromatic N) is 1. The molecule has 3 N–H and O–H groups in total. The van der Waals surface area contributed by atoms with E-state index in [9.17, 15) is 9.59 Å². The molecule has 1 aromatic rings. The van der Waals surface area contributed by atoms with E-state index in [1.807, 2.05) is 13.0 Å². The number of amides is 2. The van der Waals surface area contributed by atoms with Crippen molar-refractivity contribution in [3.05, 3.63) is 23.8 Å². The molecule has 24 heavy (non-hydrogen) atoms. The van der Waals surface area contributed by atoms with Crippen LogP contribution in [0, 0.1) is 0 Å². The molecular weight excluding hydrogens is 310 g/mol. The van der Waals surface area contributed by atoms with Gasteiger partial charge in [0.25, 0.3) is 0 Å². The van der Waals surface area contributed by atoms with Crippen molar-refractivity contribution in [3.63, 3.8) is 0 Å². The highest BCUT2D eigenvalue weighted by molar-refractivity contribution is 5.99. The molecule has 0 saturated carbocycles. The number of carbonyl (C=O) groups excluding carboxylic acids is 2. The van der Waals surface area contributed by atoms with E-state index in [-0.39, 0.29) is 5.91 Å². The number of alkyl carbamates (subject to hydrolysis) is 1. The van der Waals surface area contributed by atoms with Gasteiger partial charge in [-0.15, -0.1) is 0 Å². The van der Waals surface area contributed by atoms with Crippen LogP contribution in [0.4, 0.5) is 10.5 Å².